The van der Waals surface area contributed by atoms with E-state index < -0.39 is 5.97 Å². The lowest BCUT2D eigenvalue weighted by Crippen LogP contribution is -2.35. The Morgan fingerprint density at radius 3 is 2.35 bits per heavy atom. The first-order valence-electron chi connectivity index (χ1n) is 6.98. The lowest BCUT2D eigenvalue weighted by Gasteiger charge is -2.21. The second-order valence-electron chi connectivity index (χ2n) is 5.17. The van der Waals surface area contributed by atoms with Gasteiger partial charge in [-0.15, -0.1) is 0 Å². The van der Waals surface area contributed by atoms with Gasteiger partial charge in [0.05, 0.1) is 5.56 Å². The molecule has 0 radical (unpaired) electrons. The highest BCUT2D eigenvalue weighted by molar-refractivity contribution is 5.92. The van der Waals surface area contributed by atoms with Crippen LogP contribution in [0.5, 0.6) is 0 Å². The second-order valence-corrected chi connectivity index (χ2v) is 5.17. The van der Waals surface area contributed by atoms with Gasteiger partial charge in [0.15, 0.2) is 0 Å². The van der Waals surface area contributed by atoms with E-state index in [0.717, 1.165) is 25.9 Å². The number of aryl methyl sites for hydroxylation is 1. The van der Waals surface area contributed by atoms with Gasteiger partial charge < -0.3 is 15.3 Å². The highest BCUT2D eigenvalue weighted by Crippen LogP contribution is 2.17. The van der Waals surface area contributed by atoms with E-state index in [9.17, 15) is 9.59 Å². The molecule has 1 aliphatic rings. The number of carbonyl (C=O) groups excluding carboxylic acids is 1. The van der Waals surface area contributed by atoms with Gasteiger partial charge in [0.2, 0.25) is 0 Å². The molecule has 0 spiro atoms. The van der Waals surface area contributed by atoms with Gasteiger partial charge in [0, 0.05) is 18.8 Å². The summed E-state index contributed by atoms with van der Waals surface area (Å²) in [6.07, 6.45) is 4.45. The molecule has 0 aromatic heterocycles. The van der Waals surface area contributed by atoms with Gasteiger partial charge in [0.25, 0.3) is 0 Å². The Balaban J connectivity index is 2.03. The van der Waals surface area contributed by atoms with Gasteiger partial charge in [-0.1, -0.05) is 12.8 Å². The average Bonchev–Trinajstić information content (AvgIpc) is 2.67. The maximum atomic E-state index is 12.1. The molecule has 1 aliphatic heterocycles. The highest BCUT2D eigenvalue weighted by Gasteiger charge is 2.16. The molecule has 108 valence electrons. The monoisotopic (exact) mass is 276 g/mol. The van der Waals surface area contributed by atoms with Crippen LogP contribution in [-0.4, -0.2) is 35.1 Å². The van der Waals surface area contributed by atoms with Crippen molar-refractivity contribution in [3.63, 3.8) is 0 Å². The summed E-state index contributed by atoms with van der Waals surface area (Å²) in [4.78, 5) is 24.9. The molecule has 2 amide bonds. The van der Waals surface area contributed by atoms with Crippen molar-refractivity contribution in [3.8, 4) is 0 Å². The molecule has 5 nitrogen and oxygen atoms in total. The first kappa shape index (κ1) is 14.4. The first-order chi connectivity index (χ1) is 9.58. The molecule has 0 atom stereocenters. The molecule has 1 heterocycles. The molecule has 0 unspecified atom stereocenters. The van der Waals surface area contributed by atoms with Crippen LogP contribution in [0.3, 0.4) is 0 Å². The topological polar surface area (TPSA) is 69.6 Å². The van der Waals surface area contributed by atoms with Crippen molar-refractivity contribution in [2.75, 3.05) is 18.4 Å². The maximum Gasteiger partial charge on any atom is 0.335 e. The molecule has 0 saturated carbocycles. The number of rotatable bonds is 2. The van der Waals surface area contributed by atoms with Crippen molar-refractivity contribution < 1.29 is 14.7 Å². The molecule has 2 rings (SSSR count). The van der Waals surface area contributed by atoms with Gasteiger partial charge in [-0.3, -0.25) is 0 Å². The lowest BCUT2D eigenvalue weighted by atomic mass is 10.1. The Morgan fingerprint density at radius 2 is 1.80 bits per heavy atom. The van der Waals surface area contributed by atoms with Gasteiger partial charge in [-0.05, 0) is 43.5 Å². The third-order valence-corrected chi connectivity index (χ3v) is 3.60. The summed E-state index contributed by atoms with van der Waals surface area (Å²) < 4.78 is 0. The van der Waals surface area contributed by atoms with Crippen LogP contribution in [0, 0.1) is 6.92 Å². The summed E-state index contributed by atoms with van der Waals surface area (Å²) in [5, 5.41) is 11.8. The Labute approximate surface area is 118 Å². The van der Waals surface area contributed by atoms with E-state index in [1.807, 2.05) is 4.90 Å². The zero-order valence-electron chi connectivity index (χ0n) is 11.7. The summed E-state index contributed by atoms with van der Waals surface area (Å²) in [7, 11) is 0. The van der Waals surface area contributed by atoms with Crippen LogP contribution in [0.15, 0.2) is 18.2 Å². The Morgan fingerprint density at radius 1 is 1.15 bits per heavy atom. The number of urea groups is 1. The van der Waals surface area contributed by atoms with E-state index in [1.165, 1.54) is 18.9 Å². The van der Waals surface area contributed by atoms with E-state index in [-0.39, 0.29) is 11.6 Å². The summed E-state index contributed by atoms with van der Waals surface area (Å²) >= 11 is 0. The van der Waals surface area contributed by atoms with Crippen molar-refractivity contribution >= 4 is 17.7 Å². The Bertz CT molecular complexity index is 506. The zero-order chi connectivity index (χ0) is 14.5. The molecule has 20 heavy (non-hydrogen) atoms. The standard InChI is InChI=1S/C15H20N2O3/c1-11-10-12(6-7-13(11)14(18)19)16-15(20)17-8-4-2-3-5-9-17/h6-7,10H,2-5,8-9H2,1H3,(H,16,20)(H,18,19). The number of anilines is 1. The highest BCUT2D eigenvalue weighted by atomic mass is 16.4. The van der Waals surface area contributed by atoms with Gasteiger partial charge in [-0.25, -0.2) is 9.59 Å². The fraction of sp³-hybridized carbons (Fsp3) is 0.467. The number of hydrogen-bond donors (Lipinski definition) is 2. The van der Waals surface area contributed by atoms with Crippen molar-refractivity contribution in [2.45, 2.75) is 32.6 Å². The normalized spacial score (nSPS) is 15.6. The molecule has 5 heteroatoms. The smallest absolute Gasteiger partial charge is 0.335 e. The quantitative estimate of drug-likeness (QED) is 0.872. The summed E-state index contributed by atoms with van der Waals surface area (Å²) in [6.45, 7) is 3.31. The third kappa shape index (κ3) is 3.50. The van der Waals surface area contributed by atoms with Crippen LogP contribution in [0.25, 0.3) is 0 Å². The number of carboxylic acids is 1. The first-order valence-corrected chi connectivity index (χ1v) is 6.98. The van der Waals surface area contributed by atoms with E-state index >= 15 is 0 Å². The molecular weight excluding hydrogens is 256 g/mol. The van der Waals surface area contributed by atoms with Crippen molar-refractivity contribution in [1.29, 1.82) is 0 Å². The minimum absolute atomic E-state index is 0.102. The fourth-order valence-electron chi connectivity index (χ4n) is 2.46. The third-order valence-electron chi connectivity index (χ3n) is 3.60. The number of nitrogens with one attached hydrogen (secondary N) is 1. The van der Waals surface area contributed by atoms with Crippen LogP contribution in [0.4, 0.5) is 10.5 Å². The molecule has 1 aromatic carbocycles. The van der Waals surface area contributed by atoms with Gasteiger partial charge in [0.1, 0.15) is 0 Å². The molecule has 1 aromatic rings. The summed E-state index contributed by atoms with van der Waals surface area (Å²) in [6, 6.07) is 4.75. The minimum atomic E-state index is -0.951. The lowest BCUT2D eigenvalue weighted by molar-refractivity contribution is 0.0696. The van der Waals surface area contributed by atoms with Gasteiger partial charge in [-0.2, -0.15) is 0 Å². The van der Waals surface area contributed by atoms with Crippen LogP contribution in [0.2, 0.25) is 0 Å². The number of hydrogen-bond acceptors (Lipinski definition) is 2. The molecular formula is C15H20N2O3. The minimum Gasteiger partial charge on any atom is -0.478 e. The Hall–Kier alpha value is -2.04. The van der Waals surface area contributed by atoms with Gasteiger partial charge >= 0.3 is 12.0 Å². The van der Waals surface area contributed by atoms with E-state index in [2.05, 4.69) is 5.32 Å². The van der Waals surface area contributed by atoms with Crippen LogP contribution in [-0.2, 0) is 0 Å². The number of amides is 2. The van der Waals surface area contributed by atoms with Crippen molar-refractivity contribution in [1.82, 2.24) is 4.90 Å². The summed E-state index contributed by atoms with van der Waals surface area (Å²) in [5.41, 5.74) is 1.55. The number of benzene rings is 1. The number of likely N-dealkylation sites (tertiary alicyclic amines) is 1. The Kier molecular flexibility index (Phi) is 4.61. The largest absolute Gasteiger partial charge is 0.478 e. The number of carboxylic acid groups (broad SMARTS) is 1. The van der Waals surface area contributed by atoms with Crippen molar-refractivity contribution in [3.05, 3.63) is 29.3 Å². The van der Waals surface area contributed by atoms with Crippen LogP contribution in [0.1, 0.15) is 41.6 Å². The second kappa shape index (κ2) is 6.41. The molecule has 0 aliphatic carbocycles. The van der Waals surface area contributed by atoms with E-state index in [0.29, 0.717) is 11.3 Å². The van der Waals surface area contributed by atoms with Crippen molar-refractivity contribution in [2.24, 2.45) is 0 Å². The molecule has 1 fully saturated rings. The predicted molar refractivity (Wildman–Crippen MR) is 77.2 cm³/mol. The molecule has 0 bridgehead atoms. The number of aromatic carboxylic acids is 1. The van der Waals surface area contributed by atoms with E-state index in [1.54, 1.807) is 19.1 Å². The van der Waals surface area contributed by atoms with Crippen LogP contribution < -0.4 is 5.32 Å². The SMILES string of the molecule is Cc1cc(NC(=O)N2CCCCCC2)ccc1C(=O)O. The predicted octanol–water partition coefficient (Wildman–Crippen LogP) is 3.10. The van der Waals surface area contributed by atoms with E-state index in [4.69, 9.17) is 5.11 Å². The molecule has 2 N–H and O–H groups in total. The zero-order valence-corrected chi connectivity index (χ0v) is 11.7. The fourth-order valence-corrected chi connectivity index (χ4v) is 2.46. The number of carbonyl (C=O) groups is 2. The maximum absolute atomic E-state index is 12.1. The number of nitrogens with zero attached hydrogens (tertiary/aromatic N) is 1. The average molecular weight is 276 g/mol. The molecule has 1 saturated heterocycles. The van der Waals surface area contributed by atoms with Crippen LogP contribution >= 0.6 is 0 Å². The summed E-state index contributed by atoms with van der Waals surface area (Å²) in [5.74, 6) is -0.951.